The maximum atomic E-state index is 9.85. The van der Waals surface area contributed by atoms with Crippen molar-refractivity contribution in [3.63, 3.8) is 0 Å². The highest BCUT2D eigenvalue weighted by Crippen LogP contribution is 2.26. The number of phenols is 1. The minimum Gasteiger partial charge on any atom is -0.507 e. The van der Waals surface area contributed by atoms with Crippen molar-refractivity contribution in [3.05, 3.63) is 46.5 Å². The second kappa shape index (κ2) is 9.44. The van der Waals surface area contributed by atoms with Crippen LogP contribution in [0.4, 0.5) is 0 Å². The van der Waals surface area contributed by atoms with E-state index in [9.17, 15) is 10.2 Å². The van der Waals surface area contributed by atoms with E-state index in [0.717, 1.165) is 36.0 Å². The maximum absolute atomic E-state index is 9.85. The van der Waals surface area contributed by atoms with Crippen LogP contribution >= 0.6 is 0 Å². The molecule has 0 aromatic heterocycles. The van der Waals surface area contributed by atoms with Gasteiger partial charge in [-0.1, -0.05) is 37.1 Å². The molecule has 1 rings (SSSR count). The second-order valence-corrected chi connectivity index (χ2v) is 5.77. The lowest BCUT2D eigenvalue weighted by atomic mass is 9.98. The molecular formula is C19H28O3. The quantitative estimate of drug-likeness (QED) is 0.639. The van der Waals surface area contributed by atoms with Crippen molar-refractivity contribution in [1.29, 1.82) is 0 Å². The number of aryl methyl sites for hydroxylation is 2. The molecule has 1 aromatic rings. The molecule has 0 bridgehead atoms. The van der Waals surface area contributed by atoms with E-state index >= 15 is 0 Å². The number of hydrogen-bond acceptors (Lipinski definition) is 3. The third-order valence-corrected chi connectivity index (χ3v) is 3.68. The summed E-state index contributed by atoms with van der Waals surface area (Å²) in [5, 5.41) is 28.4. The van der Waals surface area contributed by atoms with Crippen molar-refractivity contribution in [2.45, 2.75) is 52.6 Å². The number of benzene rings is 1. The molecular weight excluding hydrogens is 276 g/mol. The van der Waals surface area contributed by atoms with Crippen LogP contribution in [0, 0.1) is 13.8 Å². The molecule has 0 amide bonds. The smallest absolute Gasteiger partial charge is 0.121 e. The summed E-state index contributed by atoms with van der Waals surface area (Å²) in [6.45, 7) is 5.91. The number of hydrogen-bond donors (Lipinski definition) is 3. The molecule has 0 unspecified atom stereocenters. The molecule has 3 N–H and O–H groups in total. The number of aliphatic hydroxyl groups excluding tert-OH is 2. The predicted octanol–water partition coefficient (Wildman–Crippen LogP) is 3.88. The van der Waals surface area contributed by atoms with Gasteiger partial charge in [0.15, 0.2) is 0 Å². The largest absolute Gasteiger partial charge is 0.507 e. The number of allylic oxidation sites excluding steroid dienone is 1. The van der Waals surface area contributed by atoms with Gasteiger partial charge in [0.1, 0.15) is 5.75 Å². The molecule has 1 aromatic carbocycles. The van der Waals surface area contributed by atoms with Crippen molar-refractivity contribution >= 4 is 6.08 Å². The van der Waals surface area contributed by atoms with Crippen LogP contribution in [0.2, 0.25) is 0 Å². The lowest BCUT2D eigenvalue weighted by Gasteiger charge is -2.11. The monoisotopic (exact) mass is 304 g/mol. The zero-order valence-electron chi connectivity index (χ0n) is 13.8. The standard InChI is InChI=1S/C19H28O3/c1-4-6-16(8-9-18(21)7-5-10-20)13-17-11-14(2)19(22)15(3)12-17/h5,7,11-13,18,20-22H,4,6,8-10H2,1-3H3/b7-5-,16-13+/t18-/m0/s1. The van der Waals surface area contributed by atoms with E-state index in [-0.39, 0.29) is 6.61 Å². The first-order valence-electron chi connectivity index (χ1n) is 7.93. The highest BCUT2D eigenvalue weighted by molar-refractivity contribution is 5.58. The Labute approximate surface area is 133 Å². The molecule has 0 aliphatic heterocycles. The van der Waals surface area contributed by atoms with Gasteiger partial charge in [-0.2, -0.15) is 0 Å². The van der Waals surface area contributed by atoms with E-state index in [1.165, 1.54) is 5.57 Å². The summed E-state index contributed by atoms with van der Waals surface area (Å²) in [7, 11) is 0. The average Bonchev–Trinajstić information content (AvgIpc) is 2.48. The molecule has 0 saturated carbocycles. The molecule has 0 aliphatic rings. The van der Waals surface area contributed by atoms with Gasteiger partial charge in [-0.15, -0.1) is 0 Å². The SMILES string of the molecule is CCC/C(=C\c1cc(C)c(O)c(C)c1)CC[C@@H](O)/C=C\CO. The van der Waals surface area contributed by atoms with Crippen LogP contribution in [0.5, 0.6) is 5.75 Å². The number of aromatic hydroxyl groups is 1. The average molecular weight is 304 g/mol. The molecule has 3 nitrogen and oxygen atoms in total. The van der Waals surface area contributed by atoms with E-state index < -0.39 is 6.10 Å². The van der Waals surface area contributed by atoms with Gasteiger partial charge in [-0.3, -0.25) is 0 Å². The van der Waals surface area contributed by atoms with Crippen LogP contribution in [0.25, 0.3) is 6.08 Å². The summed E-state index contributed by atoms with van der Waals surface area (Å²) in [6.07, 6.45) is 8.38. The van der Waals surface area contributed by atoms with Gasteiger partial charge in [0.25, 0.3) is 0 Å². The number of rotatable bonds is 8. The van der Waals surface area contributed by atoms with E-state index in [0.29, 0.717) is 12.2 Å². The third-order valence-electron chi connectivity index (χ3n) is 3.68. The Hall–Kier alpha value is -1.58. The van der Waals surface area contributed by atoms with Crippen molar-refractivity contribution in [2.75, 3.05) is 6.61 Å². The topological polar surface area (TPSA) is 60.7 Å². The summed E-state index contributed by atoms with van der Waals surface area (Å²) in [5.41, 5.74) is 4.15. The van der Waals surface area contributed by atoms with E-state index in [2.05, 4.69) is 13.0 Å². The second-order valence-electron chi connectivity index (χ2n) is 5.77. The highest BCUT2D eigenvalue weighted by Gasteiger charge is 2.05. The van der Waals surface area contributed by atoms with Crippen molar-refractivity contribution in [3.8, 4) is 5.75 Å². The number of phenolic OH excluding ortho intramolecular Hbond substituents is 1. The van der Waals surface area contributed by atoms with E-state index in [4.69, 9.17) is 5.11 Å². The zero-order valence-corrected chi connectivity index (χ0v) is 13.8. The molecule has 1 atom stereocenters. The Bertz CT molecular complexity index is 506. The summed E-state index contributed by atoms with van der Waals surface area (Å²) >= 11 is 0. The van der Waals surface area contributed by atoms with Gasteiger partial charge < -0.3 is 15.3 Å². The highest BCUT2D eigenvalue weighted by atomic mass is 16.3. The van der Waals surface area contributed by atoms with Gasteiger partial charge in [0.2, 0.25) is 0 Å². The normalized spacial score (nSPS) is 13.8. The lowest BCUT2D eigenvalue weighted by molar-refractivity contribution is 0.211. The first kappa shape index (κ1) is 18.5. The van der Waals surface area contributed by atoms with Crippen LogP contribution in [-0.4, -0.2) is 28.0 Å². The Morgan fingerprint density at radius 1 is 1.18 bits per heavy atom. The lowest BCUT2D eigenvalue weighted by Crippen LogP contribution is -2.03. The molecule has 0 radical (unpaired) electrons. The Balaban J connectivity index is 2.83. The fourth-order valence-electron chi connectivity index (χ4n) is 2.55. The fourth-order valence-corrected chi connectivity index (χ4v) is 2.55. The maximum Gasteiger partial charge on any atom is 0.121 e. The predicted molar refractivity (Wildman–Crippen MR) is 91.9 cm³/mol. The van der Waals surface area contributed by atoms with Crippen molar-refractivity contribution in [2.24, 2.45) is 0 Å². The van der Waals surface area contributed by atoms with Gasteiger partial charge >= 0.3 is 0 Å². The molecule has 0 spiro atoms. The van der Waals surface area contributed by atoms with Crippen LogP contribution in [0.1, 0.15) is 49.3 Å². The first-order valence-corrected chi connectivity index (χ1v) is 7.93. The summed E-state index contributed by atoms with van der Waals surface area (Å²) in [4.78, 5) is 0. The molecule has 0 fully saturated rings. The van der Waals surface area contributed by atoms with Gasteiger partial charge in [0.05, 0.1) is 12.7 Å². The molecule has 0 aliphatic carbocycles. The van der Waals surface area contributed by atoms with Gasteiger partial charge in [-0.05, 0) is 61.9 Å². The molecule has 122 valence electrons. The molecule has 3 heteroatoms. The summed E-state index contributed by atoms with van der Waals surface area (Å²) in [6, 6.07) is 3.97. The number of aliphatic hydroxyl groups is 2. The van der Waals surface area contributed by atoms with Crippen LogP contribution in [0.3, 0.4) is 0 Å². The van der Waals surface area contributed by atoms with Gasteiger partial charge in [0, 0.05) is 0 Å². The molecule has 0 heterocycles. The van der Waals surface area contributed by atoms with E-state index in [1.807, 2.05) is 26.0 Å². The molecule has 22 heavy (non-hydrogen) atoms. The minimum atomic E-state index is -0.518. The van der Waals surface area contributed by atoms with Crippen LogP contribution in [-0.2, 0) is 0 Å². The zero-order chi connectivity index (χ0) is 16.5. The van der Waals surface area contributed by atoms with Gasteiger partial charge in [-0.25, -0.2) is 0 Å². The van der Waals surface area contributed by atoms with Crippen molar-refractivity contribution in [1.82, 2.24) is 0 Å². The summed E-state index contributed by atoms with van der Waals surface area (Å²) in [5.74, 6) is 0.360. The van der Waals surface area contributed by atoms with Crippen molar-refractivity contribution < 1.29 is 15.3 Å². The molecule has 0 saturated heterocycles. The van der Waals surface area contributed by atoms with Crippen LogP contribution in [0.15, 0.2) is 29.9 Å². The first-order chi connectivity index (χ1) is 10.5. The Morgan fingerprint density at radius 2 is 1.82 bits per heavy atom. The van der Waals surface area contributed by atoms with E-state index in [1.54, 1.807) is 12.2 Å². The summed E-state index contributed by atoms with van der Waals surface area (Å²) < 4.78 is 0. The van der Waals surface area contributed by atoms with Crippen LogP contribution < -0.4 is 0 Å². The fraction of sp³-hybridized carbons (Fsp3) is 0.474. The Kier molecular flexibility index (Phi) is 7.92. The third kappa shape index (κ3) is 6.04. The Morgan fingerprint density at radius 3 is 2.36 bits per heavy atom. The minimum absolute atomic E-state index is 0.0409.